The smallest absolute Gasteiger partial charge is 0.407 e. The molecule has 3 atom stereocenters. The third-order valence-electron chi connectivity index (χ3n) is 6.66. The quantitative estimate of drug-likeness (QED) is 0.221. The van der Waals surface area contributed by atoms with Crippen LogP contribution >= 0.6 is 0 Å². The number of anilines is 1. The second-order valence-corrected chi connectivity index (χ2v) is 11.3. The molecule has 0 heterocycles. The summed E-state index contributed by atoms with van der Waals surface area (Å²) in [6.45, 7) is 0.603. The van der Waals surface area contributed by atoms with E-state index < -0.39 is 57.1 Å². The molecule has 1 aliphatic rings. The van der Waals surface area contributed by atoms with Crippen LogP contribution in [-0.2, 0) is 21.4 Å². The number of aliphatic hydroxyl groups is 1. The van der Waals surface area contributed by atoms with Gasteiger partial charge in [-0.3, -0.25) is 0 Å². The summed E-state index contributed by atoms with van der Waals surface area (Å²) in [5.41, 5.74) is 0.376. The fourth-order valence-electron chi connectivity index (χ4n) is 4.48. The number of aliphatic hydroxyl groups excluding tert-OH is 1. The molecule has 222 valence electrons. The molecule has 1 amide bonds. The van der Waals surface area contributed by atoms with Crippen LogP contribution in [0.1, 0.15) is 44.6 Å². The van der Waals surface area contributed by atoms with E-state index in [0.29, 0.717) is 25.8 Å². The number of carbonyl (C=O) groups is 1. The van der Waals surface area contributed by atoms with E-state index in [0.717, 1.165) is 38.0 Å². The summed E-state index contributed by atoms with van der Waals surface area (Å²) in [6, 6.07) is 7.04. The fourth-order valence-corrected chi connectivity index (χ4v) is 5.87. The van der Waals surface area contributed by atoms with Crippen molar-refractivity contribution < 1.29 is 45.4 Å². The zero-order chi connectivity index (χ0) is 29.5. The zero-order valence-corrected chi connectivity index (χ0v) is 22.8. The summed E-state index contributed by atoms with van der Waals surface area (Å²) in [6.07, 6.45) is -3.08. The van der Waals surface area contributed by atoms with Crippen LogP contribution in [0.25, 0.3) is 0 Å². The first-order valence-corrected chi connectivity index (χ1v) is 14.2. The van der Waals surface area contributed by atoms with Gasteiger partial charge >= 0.3 is 12.3 Å². The van der Waals surface area contributed by atoms with Crippen molar-refractivity contribution in [3.05, 3.63) is 53.8 Å². The van der Waals surface area contributed by atoms with E-state index in [1.165, 1.54) is 4.72 Å². The lowest BCUT2D eigenvalue weighted by Gasteiger charge is -2.34. The number of benzene rings is 2. The number of alkyl carbamates (subject to hydrolysis) is 1. The van der Waals surface area contributed by atoms with Crippen molar-refractivity contribution in [3.63, 3.8) is 0 Å². The lowest BCUT2D eigenvalue weighted by atomic mass is 9.83. The van der Waals surface area contributed by atoms with Gasteiger partial charge in [-0.05, 0) is 37.3 Å². The number of nitrogens with one attached hydrogen (secondary N) is 3. The molecule has 14 heteroatoms. The number of ether oxygens (including phenoxy) is 2. The van der Waals surface area contributed by atoms with Gasteiger partial charge in [-0.2, -0.15) is 17.9 Å². The van der Waals surface area contributed by atoms with E-state index in [1.54, 1.807) is 24.3 Å². The van der Waals surface area contributed by atoms with E-state index in [2.05, 4.69) is 10.6 Å². The van der Waals surface area contributed by atoms with Gasteiger partial charge in [-0.1, -0.05) is 49.6 Å². The Morgan fingerprint density at radius 3 is 2.38 bits per heavy atom. The number of hydrogen-bond acceptors (Lipinski definition) is 7. The molecular formula is C26H33F4N3O6S. The number of alkyl halides is 3. The summed E-state index contributed by atoms with van der Waals surface area (Å²) in [5, 5.41) is 16.2. The first-order chi connectivity index (χ1) is 18.8. The predicted octanol–water partition coefficient (Wildman–Crippen LogP) is 4.67. The minimum Gasteiger partial charge on any atom is -0.495 e. The summed E-state index contributed by atoms with van der Waals surface area (Å²) < 4.78 is 90.7. The van der Waals surface area contributed by atoms with E-state index in [4.69, 9.17) is 9.47 Å². The Balaban J connectivity index is 1.79. The van der Waals surface area contributed by atoms with E-state index in [9.17, 15) is 31.5 Å². The van der Waals surface area contributed by atoms with Gasteiger partial charge in [0.15, 0.2) is 0 Å². The number of hydrogen-bond donors (Lipinski definition) is 4. The van der Waals surface area contributed by atoms with Gasteiger partial charge < -0.3 is 25.2 Å². The minimum absolute atomic E-state index is 0.00363. The van der Waals surface area contributed by atoms with Gasteiger partial charge in [-0.15, -0.1) is 0 Å². The standard InChI is InChI=1S/C26H33F4N3O6S/c1-16(26(28,29)30)33-40(36,37)22-13-19(27)20(14-21(22)38-2)31-24(34)23(18-11-7-4-8-12-18)32-25(35)39-15-17-9-5-3-6-10-17/h3,5-6,9-10,13-14,16,18,23-24,31,33-34H,4,7-8,11-12,15H2,1-2H3,(H,32,35)/t16-,23-,24-/m0/s1. The van der Waals surface area contributed by atoms with Crippen LogP contribution in [0.2, 0.25) is 0 Å². The Bertz CT molecular complexity index is 1240. The van der Waals surface area contributed by atoms with Crippen LogP contribution < -0.4 is 20.1 Å². The van der Waals surface area contributed by atoms with Crippen molar-refractivity contribution in [2.45, 2.75) is 75.0 Å². The van der Waals surface area contributed by atoms with Crippen LogP contribution in [0.3, 0.4) is 0 Å². The molecule has 1 fully saturated rings. The number of halogens is 4. The van der Waals surface area contributed by atoms with Gasteiger partial charge in [0.25, 0.3) is 0 Å². The lowest BCUT2D eigenvalue weighted by molar-refractivity contribution is -0.147. The maximum atomic E-state index is 15.0. The van der Waals surface area contributed by atoms with E-state index in [1.807, 2.05) is 6.07 Å². The Hall–Kier alpha value is -3.10. The number of rotatable bonds is 11. The number of methoxy groups -OCH3 is 1. The summed E-state index contributed by atoms with van der Waals surface area (Å²) in [4.78, 5) is 11.7. The van der Waals surface area contributed by atoms with Crippen LogP contribution in [-0.4, -0.2) is 51.2 Å². The Kier molecular flexibility index (Phi) is 10.6. The molecule has 0 bridgehead atoms. The highest BCUT2D eigenvalue weighted by Crippen LogP contribution is 2.33. The fraction of sp³-hybridized carbons (Fsp3) is 0.500. The molecule has 40 heavy (non-hydrogen) atoms. The van der Waals surface area contributed by atoms with Crippen LogP contribution in [0.15, 0.2) is 47.4 Å². The number of carbonyl (C=O) groups excluding carboxylic acids is 1. The molecule has 1 saturated carbocycles. The molecule has 0 unspecified atom stereocenters. The van der Waals surface area contributed by atoms with Gasteiger partial charge in [0.2, 0.25) is 10.0 Å². The normalized spacial score (nSPS) is 17.0. The molecule has 9 nitrogen and oxygen atoms in total. The topological polar surface area (TPSA) is 126 Å². The Morgan fingerprint density at radius 2 is 1.77 bits per heavy atom. The van der Waals surface area contributed by atoms with Crippen LogP contribution in [0, 0.1) is 11.7 Å². The van der Waals surface area contributed by atoms with Crippen molar-refractivity contribution in [1.82, 2.24) is 10.0 Å². The van der Waals surface area contributed by atoms with E-state index in [-0.39, 0.29) is 18.2 Å². The monoisotopic (exact) mass is 591 g/mol. The number of sulfonamides is 1. The van der Waals surface area contributed by atoms with Crippen molar-refractivity contribution in [2.24, 2.45) is 5.92 Å². The summed E-state index contributed by atoms with van der Waals surface area (Å²) in [5.74, 6) is -1.80. The van der Waals surface area contributed by atoms with Crippen LogP contribution in [0.5, 0.6) is 5.75 Å². The van der Waals surface area contributed by atoms with Gasteiger partial charge in [0.05, 0.1) is 18.8 Å². The van der Waals surface area contributed by atoms with Crippen LogP contribution in [0.4, 0.5) is 28.0 Å². The maximum absolute atomic E-state index is 15.0. The predicted molar refractivity (Wildman–Crippen MR) is 139 cm³/mol. The first kappa shape index (κ1) is 31.4. The third-order valence-corrected chi connectivity index (χ3v) is 8.23. The Labute approximate surface area is 230 Å². The number of amides is 1. The molecular weight excluding hydrogens is 558 g/mol. The van der Waals surface area contributed by atoms with Crippen molar-refractivity contribution in [2.75, 3.05) is 12.4 Å². The Morgan fingerprint density at radius 1 is 1.12 bits per heavy atom. The second kappa shape index (κ2) is 13.5. The maximum Gasteiger partial charge on any atom is 0.407 e. The SMILES string of the molecule is COc1cc(N[C@@H](O)[C@@H](NC(=O)OCc2ccccc2)C2CCCCC2)c(F)cc1S(=O)(=O)N[C@@H](C)C(F)(F)F. The van der Waals surface area contributed by atoms with Crippen molar-refractivity contribution >= 4 is 21.8 Å². The summed E-state index contributed by atoms with van der Waals surface area (Å²) in [7, 11) is -3.77. The molecule has 1 aliphatic carbocycles. The van der Waals surface area contributed by atoms with Gasteiger partial charge in [0.1, 0.15) is 35.3 Å². The summed E-state index contributed by atoms with van der Waals surface area (Å²) >= 11 is 0. The second-order valence-electron chi connectivity index (χ2n) is 9.59. The minimum atomic E-state index is -4.87. The molecule has 0 saturated heterocycles. The average molecular weight is 592 g/mol. The third kappa shape index (κ3) is 8.45. The molecule has 0 radical (unpaired) electrons. The molecule has 2 aromatic rings. The molecule has 0 aliphatic heterocycles. The highest BCUT2D eigenvalue weighted by atomic mass is 32.2. The van der Waals surface area contributed by atoms with E-state index >= 15 is 4.39 Å². The molecule has 3 rings (SSSR count). The average Bonchev–Trinajstić information content (AvgIpc) is 2.91. The highest BCUT2D eigenvalue weighted by molar-refractivity contribution is 7.89. The highest BCUT2D eigenvalue weighted by Gasteiger charge is 2.40. The largest absolute Gasteiger partial charge is 0.495 e. The molecule has 4 N–H and O–H groups in total. The molecule has 2 aromatic carbocycles. The van der Waals surface area contributed by atoms with Crippen molar-refractivity contribution in [3.8, 4) is 5.75 Å². The van der Waals surface area contributed by atoms with Gasteiger partial charge in [0, 0.05) is 6.07 Å². The molecule has 0 spiro atoms. The van der Waals surface area contributed by atoms with Gasteiger partial charge in [-0.25, -0.2) is 17.6 Å². The first-order valence-electron chi connectivity index (χ1n) is 12.7. The zero-order valence-electron chi connectivity index (χ0n) is 22.0. The lowest BCUT2D eigenvalue weighted by Crippen LogP contribution is -2.51. The molecule has 0 aromatic heterocycles. The van der Waals surface area contributed by atoms with Crippen molar-refractivity contribution in [1.29, 1.82) is 0 Å².